The number of rotatable bonds is 8. The first-order chi connectivity index (χ1) is 16.6. The number of anilines is 2. The van der Waals surface area contributed by atoms with Crippen molar-refractivity contribution in [3.05, 3.63) is 48.5 Å². The minimum Gasteiger partial charge on any atom is -0.493 e. The Hall–Kier alpha value is -3.46. The molecule has 2 aliphatic heterocycles. The molecule has 0 saturated carbocycles. The maximum Gasteiger partial charge on any atom is 0.315 e. The van der Waals surface area contributed by atoms with Gasteiger partial charge in [-0.3, -0.25) is 9.69 Å². The lowest BCUT2D eigenvalue weighted by Crippen LogP contribution is -2.50. The van der Waals surface area contributed by atoms with E-state index in [2.05, 4.69) is 44.7 Å². The number of piperazine rings is 1. The smallest absolute Gasteiger partial charge is 0.315 e. The van der Waals surface area contributed by atoms with E-state index in [1.54, 1.807) is 31.3 Å². The molecule has 0 spiro atoms. The van der Waals surface area contributed by atoms with Gasteiger partial charge in [-0.2, -0.15) is 0 Å². The Bertz CT molecular complexity index is 979. The third-order valence-corrected chi connectivity index (χ3v) is 6.35. The molecule has 2 aromatic carbocycles. The van der Waals surface area contributed by atoms with Crippen molar-refractivity contribution in [3.8, 4) is 11.5 Å². The first-order valence-electron chi connectivity index (χ1n) is 11.7. The number of amides is 3. The second-order valence-corrected chi connectivity index (χ2v) is 8.51. The van der Waals surface area contributed by atoms with Crippen LogP contribution in [0.4, 0.5) is 16.2 Å². The normalized spacial score (nSPS) is 18.6. The SMILES string of the molecule is COc1ccc(N2C[C@@H](NC(=O)NCCN3CCN(c4ccccc4)CC3)CC2=O)cc1OC. The molecule has 9 heteroatoms. The van der Waals surface area contributed by atoms with Gasteiger partial charge in [-0.25, -0.2) is 4.79 Å². The van der Waals surface area contributed by atoms with E-state index >= 15 is 0 Å². The Morgan fingerprint density at radius 2 is 1.71 bits per heavy atom. The van der Waals surface area contributed by atoms with Crippen molar-refractivity contribution in [3.63, 3.8) is 0 Å². The van der Waals surface area contributed by atoms with Gasteiger partial charge in [0.15, 0.2) is 11.5 Å². The van der Waals surface area contributed by atoms with Gasteiger partial charge in [0, 0.05) is 69.7 Å². The standard InChI is InChI=1S/C25H33N5O4/c1-33-22-9-8-21(17-23(22)34-2)30-18-19(16-24(30)31)27-25(32)26-10-11-28-12-14-29(15-13-28)20-6-4-3-5-7-20/h3-9,17,19H,10-16,18H2,1-2H3,(H2,26,27,32)/t19-/m0/s1. The largest absolute Gasteiger partial charge is 0.493 e. The fraction of sp³-hybridized carbons (Fsp3) is 0.440. The van der Waals surface area contributed by atoms with Crippen LogP contribution in [0, 0.1) is 0 Å². The molecule has 0 unspecified atom stereocenters. The zero-order valence-corrected chi connectivity index (χ0v) is 19.8. The molecule has 2 saturated heterocycles. The maximum absolute atomic E-state index is 12.5. The molecule has 182 valence electrons. The number of carbonyl (C=O) groups is 2. The Balaban J connectivity index is 1.18. The van der Waals surface area contributed by atoms with Crippen LogP contribution in [-0.2, 0) is 4.79 Å². The van der Waals surface area contributed by atoms with Gasteiger partial charge in [0.2, 0.25) is 5.91 Å². The van der Waals surface area contributed by atoms with Gasteiger partial charge in [-0.05, 0) is 24.3 Å². The average Bonchev–Trinajstić information content (AvgIpc) is 3.24. The molecule has 34 heavy (non-hydrogen) atoms. The molecular formula is C25H33N5O4. The van der Waals surface area contributed by atoms with Crippen LogP contribution < -0.4 is 29.9 Å². The monoisotopic (exact) mass is 467 g/mol. The minimum atomic E-state index is -0.241. The van der Waals surface area contributed by atoms with Crippen molar-refractivity contribution in [1.82, 2.24) is 15.5 Å². The summed E-state index contributed by atoms with van der Waals surface area (Å²) in [6, 6.07) is 15.3. The summed E-state index contributed by atoms with van der Waals surface area (Å²) >= 11 is 0. The maximum atomic E-state index is 12.5. The molecule has 0 radical (unpaired) electrons. The quantitative estimate of drug-likeness (QED) is 0.617. The Labute approximate surface area is 200 Å². The molecule has 1 atom stereocenters. The summed E-state index contributed by atoms with van der Waals surface area (Å²) in [7, 11) is 3.13. The highest BCUT2D eigenvalue weighted by molar-refractivity contribution is 5.97. The number of ether oxygens (including phenoxy) is 2. The number of carbonyl (C=O) groups excluding carboxylic acids is 2. The van der Waals surface area contributed by atoms with Crippen LogP contribution in [0.25, 0.3) is 0 Å². The zero-order valence-electron chi connectivity index (χ0n) is 19.8. The van der Waals surface area contributed by atoms with Crippen molar-refractivity contribution < 1.29 is 19.1 Å². The fourth-order valence-corrected chi connectivity index (χ4v) is 4.48. The summed E-state index contributed by atoms with van der Waals surface area (Å²) in [5.74, 6) is 1.13. The topological polar surface area (TPSA) is 86.4 Å². The van der Waals surface area contributed by atoms with Crippen molar-refractivity contribution in [1.29, 1.82) is 0 Å². The predicted octanol–water partition coefficient (Wildman–Crippen LogP) is 1.93. The van der Waals surface area contributed by atoms with E-state index in [9.17, 15) is 9.59 Å². The van der Waals surface area contributed by atoms with E-state index in [0.29, 0.717) is 24.6 Å². The summed E-state index contributed by atoms with van der Waals surface area (Å²) in [5, 5.41) is 5.86. The number of nitrogens with zero attached hydrogens (tertiary/aromatic N) is 3. The second-order valence-electron chi connectivity index (χ2n) is 8.51. The average molecular weight is 468 g/mol. The van der Waals surface area contributed by atoms with Crippen LogP contribution in [-0.4, -0.2) is 82.9 Å². The van der Waals surface area contributed by atoms with E-state index in [-0.39, 0.29) is 24.4 Å². The Kier molecular flexibility index (Phi) is 7.74. The summed E-state index contributed by atoms with van der Waals surface area (Å²) in [6.45, 7) is 5.68. The van der Waals surface area contributed by atoms with Crippen molar-refractivity contribution in [2.24, 2.45) is 0 Å². The minimum absolute atomic E-state index is 0.0335. The first kappa shape index (κ1) is 23.7. The van der Waals surface area contributed by atoms with Crippen molar-refractivity contribution in [2.75, 3.05) is 69.8 Å². The van der Waals surface area contributed by atoms with E-state index < -0.39 is 0 Å². The summed E-state index contributed by atoms with van der Waals surface area (Å²) < 4.78 is 10.6. The first-order valence-corrected chi connectivity index (χ1v) is 11.7. The van der Waals surface area contributed by atoms with E-state index in [0.717, 1.165) is 38.4 Å². The second kappa shape index (κ2) is 11.1. The van der Waals surface area contributed by atoms with Crippen LogP contribution >= 0.6 is 0 Å². The lowest BCUT2D eigenvalue weighted by molar-refractivity contribution is -0.117. The van der Waals surface area contributed by atoms with Gasteiger partial charge in [-0.15, -0.1) is 0 Å². The number of para-hydroxylation sites is 1. The number of benzene rings is 2. The van der Waals surface area contributed by atoms with Gasteiger partial charge in [0.05, 0.1) is 20.3 Å². The summed E-state index contributed by atoms with van der Waals surface area (Å²) in [4.78, 5) is 31.3. The molecule has 0 aliphatic carbocycles. The van der Waals surface area contributed by atoms with Gasteiger partial charge in [-0.1, -0.05) is 18.2 Å². The highest BCUT2D eigenvalue weighted by atomic mass is 16.5. The molecule has 0 aromatic heterocycles. The Morgan fingerprint density at radius 1 is 0.971 bits per heavy atom. The third-order valence-electron chi connectivity index (χ3n) is 6.35. The van der Waals surface area contributed by atoms with Crippen LogP contribution in [0.1, 0.15) is 6.42 Å². The molecule has 2 aromatic rings. The van der Waals surface area contributed by atoms with Crippen LogP contribution in [0.15, 0.2) is 48.5 Å². The highest BCUT2D eigenvalue weighted by Crippen LogP contribution is 2.33. The molecule has 2 aliphatic rings. The summed E-state index contributed by atoms with van der Waals surface area (Å²) in [5.41, 5.74) is 1.98. The van der Waals surface area contributed by atoms with Crippen LogP contribution in [0.2, 0.25) is 0 Å². The van der Waals surface area contributed by atoms with Gasteiger partial charge in [0.1, 0.15) is 0 Å². The van der Waals surface area contributed by atoms with Gasteiger partial charge in [0.25, 0.3) is 0 Å². The van der Waals surface area contributed by atoms with Crippen molar-refractivity contribution in [2.45, 2.75) is 12.5 Å². The third kappa shape index (κ3) is 5.72. The number of hydrogen-bond acceptors (Lipinski definition) is 6. The van der Waals surface area contributed by atoms with Crippen molar-refractivity contribution >= 4 is 23.3 Å². The predicted molar refractivity (Wildman–Crippen MR) is 132 cm³/mol. The van der Waals surface area contributed by atoms with E-state index in [1.165, 1.54) is 5.69 Å². The number of urea groups is 1. The molecule has 0 bridgehead atoms. The van der Waals surface area contributed by atoms with Gasteiger partial charge < -0.3 is 29.9 Å². The Morgan fingerprint density at radius 3 is 2.41 bits per heavy atom. The lowest BCUT2D eigenvalue weighted by Gasteiger charge is -2.36. The molecular weight excluding hydrogens is 434 g/mol. The summed E-state index contributed by atoms with van der Waals surface area (Å²) in [6.07, 6.45) is 0.267. The molecule has 2 heterocycles. The lowest BCUT2D eigenvalue weighted by atomic mass is 10.2. The van der Waals surface area contributed by atoms with E-state index in [1.807, 2.05) is 12.1 Å². The molecule has 2 N–H and O–H groups in total. The molecule has 4 rings (SSSR count). The highest BCUT2D eigenvalue weighted by Gasteiger charge is 2.32. The molecule has 9 nitrogen and oxygen atoms in total. The van der Waals surface area contributed by atoms with Gasteiger partial charge >= 0.3 is 6.03 Å². The molecule has 3 amide bonds. The fourth-order valence-electron chi connectivity index (χ4n) is 4.48. The molecule has 2 fully saturated rings. The van der Waals surface area contributed by atoms with E-state index in [4.69, 9.17) is 9.47 Å². The number of hydrogen-bond donors (Lipinski definition) is 2. The van der Waals surface area contributed by atoms with Crippen LogP contribution in [0.3, 0.4) is 0 Å². The van der Waals surface area contributed by atoms with Crippen LogP contribution in [0.5, 0.6) is 11.5 Å². The number of methoxy groups -OCH3 is 2. The number of nitrogens with one attached hydrogen (secondary N) is 2. The zero-order chi connectivity index (χ0) is 23.9.